The van der Waals surface area contributed by atoms with Gasteiger partial charge in [0.15, 0.2) is 5.60 Å². The third-order valence-electron chi connectivity index (χ3n) is 3.95. The van der Waals surface area contributed by atoms with Gasteiger partial charge >= 0.3 is 0 Å². The van der Waals surface area contributed by atoms with Crippen LogP contribution in [-0.2, 0) is 10.4 Å². The van der Waals surface area contributed by atoms with Crippen molar-refractivity contribution in [1.29, 1.82) is 0 Å². The van der Waals surface area contributed by atoms with Gasteiger partial charge in [0, 0.05) is 6.54 Å². The fourth-order valence-electron chi connectivity index (χ4n) is 2.75. The molecule has 0 aliphatic heterocycles. The standard InChI is InChI=1S/C20H25NO3/c1-15(2)13-18(22)14-21-19(23)20(24,16-9-5-3-6-10-16)17-11-7-4-8-12-17/h3-12,15,18,22,24H,13-14H2,1-2H3,(H,21,23). The van der Waals surface area contributed by atoms with Crippen LogP contribution in [0.5, 0.6) is 0 Å². The van der Waals surface area contributed by atoms with Gasteiger partial charge in [-0.3, -0.25) is 4.79 Å². The minimum absolute atomic E-state index is 0.110. The number of hydrogen-bond donors (Lipinski definition) is 3. The van der Waals surface area contributed by atoms with Crippen LogP contribution >= 0.6 is 0 Å². The van der Waals surface area contributed by atoms with Gasteiger partial charge in [-0.15, -0.1) is 0 Å². The summed E-state index contributed by atoms with van der Waals surface area (Å²) in [6.07, 6.45) is -0.0419. The Labute approximate surface area is 143 Å². The molecule has 0 fully saturated rings. The SMILES string of the molecule is CC(C)CC(O)CNC(=O)C(O)(c1ccccc1)c1ccccc1. The summed E-state index contributed by atoms with van der Waals surface area (Å²) in [5, 5.41) is 23.9. The van der Waals surface area contributed by atoms with Crippen LogP contribution in [0.25, 0.3) is 0 Å². The monoisotopic (exact) mass is 327 g/mol. The van der Waals surface area contributed by atoms with E-state index in [1.54, 1.807) is 48.5 Å². The largest absolute Gasteiger partial charge is 0.391 e. The lowest BCUT2D eigenvalue weighted by molar-refractivity contribution is -0.137. The van der Waals surface area contributed by atoms with Gasteiger partial charge in [-0.25, -0.2) is 0 Å². The molecule has 1 unspecified atom stereocenters. The van der Waals surface area contributed by atoms with E-state index in [4.69, 9.17) is 0 Å². The van der Waals surface area contributed by atoms with Crippen LogP contribution in [0.4, 0.5) is 0 Å². The van der Waals surface area contributed by atoms with E-state index >= 15 is 0 Å². The van der Waals surface area contributed by atoms with Crippen LogP contribution in [-0.4, -0.2) is 28.8 Å². The first-order chi connectivity index (χ1) is 11.4. The average Bonchev–Trinajstić information content (AvgIpc) is 2.60. The molecule has 0 saturated heterocycles. The summed E-state index contributed by atoms with van der Waals surface area (Å²) in [5.74, 6) is -0.207. The highest BCUT2D eigenvalue weighted by atomic mass is 16.3. The highest BCUT2D eigenvalue weighted by molar-refractivity contribution is 5.90. The number of carbonyl (C=O) groups is 1. The topological polar surface area (TPSA) is 69.6 Å². The highest BCUT2D eigenvalue weighted by Gasteiger charge is 2.39. The van der Waals surface area contributed by atoms with E-state index in [1.165, 1.54) is 0 Å². The quantitative estimate of drug-likeness (QED) is 0.731. The Morgan fingerprint density at radius 2 is 1.46 bits per heavy atom. The summed E-state index contributed by atoms with van der Waals surface area (Å²) in [6, 6.07) is 17.7. The fraction of sp³-hybridized carbons (Fsp3) is 0.350. The molecule has 0 aliphatic rings. The Balaban J connectivity index is 2.25. The van der Waals surface area contributed by atoms with Crippen LogP contribution in [0.15, 0.2) is 60.7 Å². The molecule has 0 radical (unpaired) electrons. The fourth-order valence-corrected chi connectivity index (χ4v) is 2.75. The van der Waals surface area contributed by atoms with E-state index in [9.17, 15) is 15.0 Å². The van der Waals surface area contributed by atoms with Crippen LogP contribution in [0, 0.1) is 5.92 Å². The summed E-state index contributed by atoms with van der Waals surface area (Å²) in [5.41, 5.74) is -0.806. The van der Waals surface area contributed by atoms with Crippen LogP contribution in [0.2, 0.25) is 0 Å². The van der Waals surface area contributed by atoms with E-state index in [1.807, 2.05) is 26.0 Å². The maximum Gasteiger partial charge on any atom is 0.261 e. The maximum atomic E-state index is 12.8. The van der Waals surface area contributed by atoms with Crippen molar-refractivity contribution in [3.05, 3.63) is 71.8 Å². The first-order valence-electron chi connectivity index (χ1n) is 8.24. The van der Waals surface area contributed by atoms with Crippen molar-refractivity contribution in [3.63, 3.8) is 0 Å². The van der Waals surface area contributed by atoms with Gasteiger partial charge in [0.2, 0.25) is 0 Å². The van der Waals surface area contributed by atoms with Gasteiger partial charge in [-0.2, -0.15) is 0 Å². The Kier molecular flexibility index (Phi) is 6.12. The molecule has 0 spiro atoms. The maximum absolute atomic E-state index is 12.8. The van der Waals surface area contributed by atoms with Crippen molar-refractivity contribution in [2.45, 2.75) is 32.0 Å². The Morgan fingerprint density at radius 3 is 1.88 bits per heavy atom. The van der Waals surface area contributed by atoms with Crippen molar-refractivity contribution in [3.8, 4) is 0 Å². The third kappa shape index (κ3) is 4.22. The molecule has 0 heterocycles. The van der Waals surface area contributed by atoms with Crippen LogP contribution < -0.4 is 5.32 Å². The molecule has 24 heavy (non-hydrogen) atoms. The molecular weight excluding hydrogens is 302 g/mol. The lowest BCUT2D eigenvalue weighted by Gasteiger charge is -2.28. The number of benzene rings is 2. The Hall–Kier alpha value is -2.17. The van der Waals surface area contributed by atoms with Gasteiger partial charge in [-0.05, 0) is 23.5 Å². The van der Waals surface area contributed by atoms with Crippen LogP contribution in [0.3, 0.4) is 0 Å². The zero-order valence-corrected chi connectivity index (χ0v) is 14.1. The molecular formula is C20H25NO3. The number of carbonyl (C=O) groups excluding carboxylic acids is 1. The summed E-state index contributed by atoms with van der Waals surface area (Å²) in [4.78, 5) is 12.8. The second-order valence-corrected chi connectivity index (χ2v) is 6.44. The average molecular weight is 327 g/mol. The zero-order valence-electron chi connectivity index (χ0n) is 14.1. The Morgan fingerprint density at radius 1 is 1.00 bits per heavy atom. The van der Waals surface area contributed by atoms with E-state index in [-0.39, 0.29) is 6.54 Å². The molecule has 2 aromatic rings. The van der Waals surface area contributed by atoms with Crippen molar-refractivity contribution in [2.75, 3.05) is 6.54 Å². The first-order valence-corrected chi connectivity index (χ1v) is 8.24. The van der Waals surface area contributed by atoms with Crippen molar-refractivity contribution < 1.29 is 15.0 Å². The Bertz CT molecular complexity index is 601. The lowest BCUT2D eigenvalue weighted by atomic mass is 9.85. The number of aliphatic hydroxyl groups excluding tert-OH is 1. The van der Waals surface area contributed by atoms with Gasteiger partial charge in [0.05, 0.1) is 6.10 Å². The molecule has 0 aliphatic carbocycles. The predicted molar refractivity (Wildman–Crippen MR) is 94.4 cm³/mol. The molecule has 2 aromatic carbocycles. The molecule has 128 valence electrons. The first kappa shape index (κ1) is 18.2. The molecule has 4 heteroatoms. The van der Waals surface area contributed by atoms with Crippen LogP contribution in [0.1, 0.15) is 31.4 Å². The van der Waals surface area contributed by atoms with E-state index in [0.29, 0.717) is 23.5 Å². The normalized spacial score (nSPS) is 12.9. The van der Waals surface area contributed by atoms with Crippen molar-refractivity contribution >= 4 is 5.91 Å². The molecule has 0 aromatic heterocycles. The number of amides is 1. The zero-order chi connectivity index (χ0) is 17.6. The molecule has 4 nitrogen and oxygen atoms in total. The van der Waals surface area contributed by atoms with E-state index in [2.05, 4.69) is 5.32 Å². The molecule has 1 atom stereocenters. The summed E-state index contributed by atoms with van der Waals surface area (Å²) < 4.78 is 0. The van der Waals surface area contributed by atoms with Crippen molar-refractivity contribution in [2.24, 2.45) is 5.92 Å². The second kappa shape index (κ2) is 8.08. The number of aliphatic hydroxyl groups is 2. The number of nitrogens with one attached hydrogen (secondary N) is 1. The van der Waals surface area contributed by atoms with E-state index in [0.717, 1.165) is 0 Å². The highest BCUT2D eigenvalue weighted by Crippen LogP contribution is 2.29. The smallest absolute Gasteiger partial charge is 0.261 e. The van der Waals surface area contributed by atoms with E-state index < -0.39 is 17.6 Å². The summed E-state index contributed by atoms with van der Waals surface area (Å²) >= 11 is 0. The van der Waals surface area contributed by atoms with Gasteiger partial charge in [0.25, 0.3) is 5.91 Å². The number of rotatable bonds is 7. The lowest BCUT2D eigenvalue weighted by Crippen LogP contribution is -2.47. The van der Waals surface area contributed by atoms with Crippen molar-refractivity contribution in [1.82, 2.24) is 5.32 Å². The third-order valence-corrected chi connectivity index (χ3v) is 3.95. The molecule has 1 amide bonds. The minimum atomic E-state index is -1.79. The summed E-state index contributed by atoms with van der Waals surface area (Å²) in [7, 11) is 0. The van der Waals surface area contributed by atoms with Gasteiger partial charge in [-0.1, -0.05) is 74.5 Å². The predicted octanol–water partition coefficient (Wildman–Crippen LogP) is 2.45. The molecule has 0 bridgehead atoms. The number of hydrogen-bond acceptors (Lipinski definition) is 3. The minimum Gasteiger partial charge on any atom is -0.391 e. The summed E-state index contributed by atoms with van der Waals surface area (Å²) in [6.45, 7) is 4.13. The molecule has 3 N–H and O–H groups in total. The molecule has 0 saturated carbocycles. The molecule has 2 rings (SSSR count). The van der Waals surface area contributed by atoms with Gasteiger partial charge in [0.1, 0.15) is 0 Å². The van der Waals surface area contributed by atoms with Gasteiger partial charge < -0.3 is 15.5 Å². The second-order valence-electron chi connectivity index (χ2n) is 6.44.